The summed E-state index contributed by atoms with van der Waals surface area (Å²) in [6.07, 6.45) is 1.43. The van der Waals surface area contributed by atoms with Crippen LogP contribution in [-0.2, 0) is 22.3 Å². The van der Waals surface area contributed by atoms with Gasteiger partial charge in [-0.15, -0.1) is 0 Å². The molecule has 0 aliphatic heterocycles. The van der Waals surface area contributed by atoms with Crippen LogP contribution in [0.3, 0.4) is 0 Å². The minimum absolute atomic E-state index is 0.367. The third-order valence-corrected chi connectivity index (χ3v) is 3.08. The van der Waals surface area contributed by atoms with E-state index in [1.54, 1.807) is 7.11 Å². The Morgan fingerprint density at radius 1 is 1.25 bits per heavy atom. The highest BCUT2D eigenvalue weighted by Crippen LogP contribution is 2.09. The Hall–Kier alpha value is -0.980. The maximum Gasteiger partial charge on any atom is 0.228 e. The van der Waals surface area contributed by atoms with Gasteiger partial charge in [-0.3, -0.25) is 0 Å². The third kappa shape index (κ3) is 6.45. The van der Waals surface area contributed by atoms with Crippen LogP contribution in [0, 0.1) is 5.92 Å². The van der Waals surface area contributed by atoms with Crippen molar-refractivity contribution in [2.45, 2.75) is 39.7 Å². The zero-order chi connectivity index (χ0) is 14.8. The molecule has 20 heavy (non-hydrogen) atoms. The Bertz CT molecular complexity index is 355. The molecule has 116 valence electrons. The maximum atomic E-state index is 5.39. The Kier molecular flexibility index (Phi) is 8.41. The van der Waals surface area contributed by atoms with Gasteiger partial charge in [0.2, 0.25) is 5.89 Å². The molecule has 1 N–H and O–H groups in total. The van der Waals surface area contributed by atoms with Gasteiger partial charge in [0.25, 0.3) is 0 Å². The van der Waals surface area contributed by atoms with Gasteiger partial charge in [0, 0.05) is 26.0 Å². The van der Waals surface area contributed by atoms with E-state index in [9.17, 15) is 0 Å². The topological polar surface area (TPSA) is 69.4 Å². The first kappa shape index (κ1) is 17.1. The molecule has 0 fully saturated rings. The molecular weight excluding hydrogens is 258 g/mol. The fourth-order valence-electron chi connectivity index (χ4n) is 1.88. The number of aromatic nitrogens is 2. The van der Waals surface area contributed by atoms with Crippen molar-refractivity contribution in [2.75, 3.05) is 33.5 Å². The number of likely N-dealkylation sites (N-methyl/N-ethyl adjacent to an activating group) is 1. The SMILES string of the molecule is CCNC(Cc1nc(CCOCCOC)no1)C(C)C. The van der Waals surface area contributed by atoms with E-state index < -0.39 is 0 Å². The van der Waals surface area contributed by atoms with Gasteiger partial charge in [0.15, 0.2) is 5.82 Å². The summed E-state index contributed by atoms with van der Waals surface area (Å²) in [5.41, 5.74) is 0. The lowest BCUT2D eigenvalue weighted by atomic mass is 10.0. The highest BCUT2D eigenvalue weighted by Gasteiger charge is 2.16. The predicted octanol–water partition coefficient (Wildman–Crippen LogP) is 1.45. The number of nitrogens with zero attached hydrogens (tertiary/aromatic N) is 2. The van der Waals surface area contributed by atoms with Crippen LogP contribution in [0.4, 0.5) is 0 Å². The molecule has 1 rings (SSSR count). The van der Waals surface area contributed by atoms with Crippen molar-refractivity contribution in [3.63, 3.8) is 0 Å². The van der Waals surface area contributed by atoms with E-state index in [4.69, 9.17) is 14.0 Å². The van der Waals surface area contributed by atoms with E-state index in [0.29, 0.717) is 49.9 Å². The summed E-state index contributed by atoms with van der Waals surface area (Å²) >= 11 is 0. The molecule has 0 radical (unpaired) electrons. The first-order valence-electron chi connectivity index (χ1n) is 7.28. The molecule has 0 aromatic carbocycles. The van der Waals surface area contributed by atoms with E-state index in [-0.39, 0.29) is 0 Å². The van der Waals surface area contributed by atoms with Crippen LogP contribution in [0.25, 0.3) is 0 Å². The monoisotopic (exact) mass is 285 g/mol. The Balaban J connectivity index is 2.34. The number of hydrogen-bond donors (Lipinski definition) is 1. The summed E-state index contributed by atoms with van der Waals surface area (Å²) in [5.74, 6) is 1.93. The lowest BCUT2D eigenvalue weighted by Crippen LogP contribution is -2.35. The normalized spacial score (nSPS) is 13.1. The molecular formula is C14H27N3O3. The molecule has 0 bridgehead atoms. The van der Waals surface area contributed by atoms with Crippen molar-refractivity contribution < 1.29 is 14.0 Å². The molecule has 6 nitrogen and oxygen atoms in total. The molecule has 1 unspecified atom stereocenters. The summed E-state index contributed by atoms with van der Waals surface area (Å²) in [5, 5.41) is 7.42. The summed E-state index contributed by atoms with van der Waals surface area (Å²) in [4.78, 5) is 4.40. The molecule has 0 saturated heterocycles. The number of ether oxygens (including phenoxy) is 2. The van der Waals surface area contributed by atoms with Crippen molar-refractivity contribution in [3.05, 3.63) is 11.7 Å². The first-order chi connectivity index (χ1) is 9.67. The molecule has 1 heterocycles. The van der Waals surface area contributed by atoms with Crippen LogP contribution in [0.15, 0.2) is 4.52 Å². The minimum atomic E-state index is 0.367. The van der Waals surface area contributed by atoms with Crippen LogP contribution in [0.1, 0.15) is 32.5 Å². The van der Waals surface area contributed by atoms with Crippen LogP contribution in [0.5, 0.6) is 0 Å². The van der Waals surface area contributed by atoms with Crippen molar-refractivity contribution in [2.24, 2.45) is 5.92 Å². The van der Waals surface area contributed by atoms with Gasteiger partial charge < -0.3 is 19.3 Å². The summed E-state index contributed by atoms with van der Waals surface area (Å²) in [6.45, 7) is 9.21. The number of methoxy groups -OCH3 is 1. The lowest BCUT2D eigenvalue weighted by Gasteiger charge is -2.19. The molecule has 0 aliphatic carbocycles. The van der Waals surface area contributed by atoms with Crippen LogP contribution >= 0.6 is 0 Å². The number of rotatable bonds is 11. The van der Waals surface area contributed by atoms with E-state index in [2.05, 4.69) is 36.2 Å². The standard InChI is InChI=1S/C14H27N3O3/c1-5-15-12(11(2)3)10-14-16-13(17-20-14)6-7-19-9-8-18-4/h11-12,15H,5-10H2,1-4H3. The van der Waals surface area contributed by atoms with Gasteiger partial charge in [0.1, 0.15) is 0 Å². The Morgan fingerprint density at radius 3 is 2.70 bits per heavy atom. The van der Waals surface area contributed by atoms with Gasteiger partial charge in [-0.05, 0) is 12.5 Å². The zero-order valence-corrected chi connectivity index (χ0v) is 13.0. The molecule has 1 aromatic rings. The predicted molar refractivity (Wildman–Crippen MR) is 76.7 cm³/mol. The molecule has 0 saturated carbocycles. The molecule has 6 heteroatoms. The quantitative estimate of drug-likeness (QED) is 0.621. The Morgan fingerprint density at radius 2 is 2.05 bits per heavy atom. The van der Waals surface area contributed by atoms with Gasteiger partial charge in [-0.2, -0.15) is 4.98 Å². The van der Waals surface area contributed by atoms with Crippen LogP contribution < -0.4 is 5.32 Å². The molecule has 1 aromatic heterocycles. The number of nitrogens with one attached hydrogen (secondary N) is 1. The highest BCUT2D eigenvalue weighted by atomic mass is 16.5. The average Bonchev–Trinajstić information content (AvgIpc) is 2.85. The second kappa shape index (κ2) is 9.85. The molecule has 0 amide bonds. The van der Waals surface area contributed by atoms with Crippen LogP contribution in [-0.4, -0.2) is 49.7 Å². The second-order valence-corrected chi connectivity index (χ2v) is 5.07. The van der Waals surface area contributed by atoms with Crippen molar-refractivity contribution in [1.82, 2.24) is 15.5 Å². The van der Waals surface area contributed by atoms with Gasteiger partial charge in [-0.1, -0.05) is 25.9 Å². The highest BCUT2D eigenvalue weighted by molar-refractivity contribution is 4.90. The Labute approximate surface area is 121 Å². The average molecular weight is 285 g/mol. The zero-order valence-electron chi connectivity index (χ0n) is 13.0. The van der Waals surface area contributed by atoms with E-state index >= 15 is 0 Å². The largest absolute Gasteiger partial charge is 0.382 e. The molecule has 1 atom stereocenters. The summed E-state index contributed by atoms with van der Waals surface area (Å²) in [7, 11) is 1.66. The minimum Gasteiger partial charge on any atom is -0.382 e. The first-order valence-corrected chi connectivity index (χ1v) is 7.28. The fraction of sp³-hybridized carbons (Fsp3) is 0.857. The van der Waals surface area contributed by atoms with E-state index in [1.807, 2.05) is 0 Å². The summed E-state index contributed by atoms with van der Waals surface area (Å²) < 4.78 is 15.6. The van der Waals surface area contributed by atoms with E-state index in [1.165, 1.54) is 0 Å². The second-order valence-electron chi connectivity index (χ2n) is 5.07. The summed E-state index contributed by atoms with van der Waals surface area (Å²) in [6, 6.07) is 0.367. The van der Waals surface area contributed by atoms with Crippen molar-refractivity contribution in [3.8, 4) is 0 Å². The van der Waals surface area contributed by atoms with Crippen LogP contribution in [0.2, 0.25) is 0 Å². The van der Waals surface area contributed by atoms with Crippen molar-refractivity contribution >= 4 is 0 Å². The van der Waals surface area contributed by atoms with E-state index in [0.717, 1.165) is 13.0 Å². The molecule has 0 spiro atoms. The lowest BCUT2D eigenvalue weighted by molar-refractivity contribution is 0.0714. The number of hydrogen-bond acceptors (Lipinski definition) is 6. The maximum absolute atomic E-state index is 5.39. The van der Waals surface area contributed by atoms with Gasteiger partial charge in [0.05, 0.1) is 19.8 Å². The smallest absolute Gasteiger partial charge is 0.228 e. The third-order valence-electron chi connectivity index (χ3n) is 3.08. The van der Waals surface area contributed by atoms with Crippen molar-refractivity contribution in [1.29, 1.82) is 0 Å². The van der Waals surface area contributed by atoms with Gasteiger partial charge in [-0.25, -0.2) is 0 Å². The molecule has 0 aliphatic rings. The fourth-order valence-corrected chi connectivity index (χ4v) is 1.88. The van der Waals surface area contributed by atoms with Gasteiger partial charge >= 0.3 is 0 Å².